The Morgan fingerprint density at radius 2 is 1.94 bits per heavy atom. The third-order valence-corrected chi connectivity index (χ3v) is 5.18. The molecule has 2 atom stereocenters. The number of aliphatic hydroxyl groups is 1. The first-order valence-corrected chi connectivity index (χ1v) is 6.95. The molecule has 98 valence electrons. The van der Waals surface area contributed by atoms with Crippen LogP contribution in [0.1, 0.15) is 32.3 Å². The predicted molar refractivity (Wildman–Crippen MR) is 73.2 cm³/mol. The fraction of sp³-hybridized carbons (Fsp3) is 0.625. The maximum absolute atomic E-state index is 9.60. The van der Waals surface area contributed by atoms with Crippen molar-refractivity contribution in [1.29, 1.82) is 0 Å². The quantitative estimate of drug-likeness (QED) is 0.885. The van der Waals surface area contributed by atoms with Crippen LogP contribution in [0.15, 0.2) is 30.3 Å². The number of nitrogens with zero attached hydrogens (tertiary/aromatic N) is 1. The number of hydrogen-bond donors (Lipinski definition) is 1. The Morgan fingerprint density at radius 1 is 1.28 bits per heavy atom. The summed E-state index contributed by atoms with van der Waals surface area (Å²) in [6.45, 7) is 7.16. The molecular weight excluding hydrogens is 222 g/mol. The molecule has 0 bridgehead atoms. The molecule has 1 aromatic carbocycles. The van der Waals surface area contributed by atoms with Crippen molar-refractivity contribution in [3.63, 3.8) is 0 Å². The van der Waals surface area contributed by atoms with E-state index in [0.29, 0.717) is 23.5 Å². The number of aliphatic hydroxyl groups excluding tert-OH is 1. The topological polar surface area (TPSA) is 23.5 Å². The van der Waals surface area contributed by atoms with Crippen LogP contribution in [0.2, 0.25) is 0 Å². The molecule has 1 heterocycles. The molecule has 0 amide bonds. The molecule has 1 saturated heterocycles. The molecule has 0 radical (unpaired) electrons. The van der Waals surface area contributed by atoms with Gasteiger partial charge in [0, 0.05) is 19.1 Å². The molecule has 2 aliphatic rings. The molecule has 18 heavy (non-hydrogen) atoms. The molecule has 1 aliphatic carbocycles. The zero-order valence-electron chi connectivity index (χ0n) is 11.4. The predicted octanol–water partition coefficient (Wildman–Crippen LogP) is 2.67. The molecule has 3 rings (SSSR count). The van der Waals surface area contributed by atoms with Crippen molar-refractivity contribution in [3.8, 4) is 0 Å². The van der Waals surface area contributed by atoms with Gasteiger partial charge in [-0.25, -0.2) is 0 Å². The fourth-order valence-electron chi connectivity index (χ4n) is 3.77. The zero-order valence-corrected chi connectivity index (χ0v) is 11.4. The second kappa shape index (κ2) is 4.07. The van der Waals surface area contributed by atoms with Crippen LogP contribution < -0.4 is 0 Å². The molecule has 0 aromatic heterocycles. The summed E-state index contributed by atoms with van der Waals surface area (Å²) in [5.41, 5.74) is 2.31. The number of hydrogen-bond acceptors (Lipinski definition) is 2. The lowest BCUT2D eigenvalue weighted by molar-refractivity contribution is 0.153. The Bertz CT molecular complexity index is 428. The molecule has 2 fully saturated rings. The molecule has 1 aromatic rings. The van der Waals surface area contributed by atoms with E-state index in [-0.39, 0.29) is 0 Å². The van der Waals surface area contributed by atoms with Crippen LogP contribution in [0.5, 0.6) is 0 Å². The van der Waals surface area contributed by atoms with Crippen LogP contribution in [0.25, 0.3) is 0 Å². The highest BCUT2D eigenvalue weighted by atomic mass is 16.3. The van der Waals surface area contributed by atoms with Gasteiger partial charge in [-0.1, -0.05) is 44.2 Å². The van der Waals surface area contributed by atoms with Gasteiger partial charge in [0.25, 0.3) is 0 Å². The van der Waals surface area contributed by atoms with E-state index < -0.39 is 0 Å². The standard InChI is InChI=1S/C16H23NO/c1-15(2)11-16(15)8-14(10-18)17(12-16)9-13-6-4-3-5-7-13/h3-7,14,18H,8-12H2,1-2H3/t14-,16?/m0/s1. The maximum Gasteiger partial charge on any atom is 0.0587 e. The Morgan fingerprint density at radius 3 is 2.50 bits per heavy atom. The lowest BCUT2D eigenvalue weighted by Gasteiger charge is -2.22. The smallest absolute Gasteiger partial charge is 0.0587 e. The van der Waals surface area contributed by atoms with E-state index in [0.717, 1.165) is 13.1 Å². The zero-order chi connectivity index (χ0) is 12.8. The van der Waals surface area contributed by atoms with Crippen molar-refractivity contribution in [1.82, 2.24) is 4.90 Å². The number of rotatable bonds is 3. The van der Waals surface area contributed by atoms with Gasteiger partial charge in [-0.15, -0.1) is 0 Å². The maximum atomic E-state index is 9.60. The second-order valence-corrected chi connectivity index (χ2v) is 6.77. The molecule has 1 N–H and O–H groups in total. The van der Waals surface area contributed by atoms with E-state index in [4.69, 9.17) is 0 Å². The van der Waals surface area contributed by atoms with Gasteiger partial charge in [0.05, 0.1) is 6.61 Å². The van der Waals surface area contributed by atoms with Crippen molar-refractivity contribution in [2.75, 3.05) is 13.2 Å². The normalized spacial score (nSPS) is 34.1. The largest absolute Gasteiger partial charge is 0.395 e. The number of benzene rings is 1. The van der Waals surface area contributed by atoms with E-state index in [1.54, 1.807) is 0 Å². The molecule has 2 heteroatoms. The van der Waals surface area contributed by atoms with E-state index in [1.165, 1.54) is 18.4 Å². The summed E-state index contributed by atoms with van der Waals surface area (Å²) in [4.78, 5) is 2.48. The Balaban J connectivity index is 1.73. The highest BCUT2D eigenvalue weighted by Crippen LogP contribution is 2.68. The summed E-state index contributed by atoms with van der Waals surface area (Å²) in [5, 5.41) is 9.60. The SMILES string of the molecule is CC1(C)CC12C[C@@H](CO)N(Cc1ccccc1)C2. The Hall–Kier alpha value is -0.860. The third kappa shape index (κ3) is 1.88. The Labute approximate surface area is 110 Å². The average Bonchev–Trinajstić information content (AvgIpc) is 2.69. The van der Waals surface area contributed by atoms with Gasteiger partial charge in [-0.2, -0.15) is 0 Å². The van der Waals surface area contributed by atoms with E-state index in [9.17, 15) is 5.11 Å². The molecule has 1 unspecified atom stereocenters. The summed E-state index contributed by atoms with van der Waals surface area (Å²) in [5.74, 6) is 0. The first-order valence-electron chi connectivity index (χ1n) is 6.95. The van der Waals surface area contributed by atoms with Crippen molar-refractivity contribution in [2.24, 2.45) is 10.8 Å². The van der Waals surface area contributed by atoms with Gasteiger partial charge in [0.2, 0.25) is 0 Å². The van der Waals surface area contributed by atoms with Crippen LogP contribution >= 0.6 is 0 Å². The van der Waals surface area contributed by atoms with Gasteiger partial charge >= 0.3 is 0 Å². The van der Waals surface area contributed by atoms with Crippen molar-refractivity contribution in [2.45, 2.75) is 39.3 Å². The minimum atomic E-state index is 0.296. The second-order valence-electron chi connectivity index (χ2n) is 6.77. The summed E-state index contributed by atoms with van der Waals surface area (Å²) < 4.78 is 0. The summed E-state index contributed by atoms with van der Waals surface area (Å²) in [7, 11) is 0. The summed E-state index contributed by atoms with van der Waals surface area (Å²) in [6, 6.07) is 11.0. The first kappa shape index (κ1) is 12.2. The molecule has 1 saturated carbocycles. The van der Waals surface area contributed by atoms with Gasteiger partial charge in [0.15, 0.2) is 0 Å². The van der Waals surface area contributed by atoms with Gasteiger partial charge in [-0.3, -0.25) is 4.90 Å². The van der Waals surface area contributed by atoms with Gasteiger partial charge in [-0.05, 0) is 29.2 Å². The van der Waals surface area contributed by atoms with Crippen LogP contribution in [-0.4, -0.2) is 29.2 Å². The molecule has 1 aliphatic heterocycles. The van der Waals surface area contributed by atoms with E-state index in [1.807, 2.05) is 0 Å². The van der Waals surface area contributed by atoms with Gasteiger partial charge in [0.1, 0.15) is 0 Å². The average molecular weight is 245 g/mol. The highest BCUT2D eigenvalue weighted by molar-refractivity contribution is 5.19. The molecule has 2 nitrogen and oxygen atoms in total. The van der Waals surface area contributed by atoms with Crippen LogP contribution in [0, 0.1) is 10.8 Å². The van der Waals surface area contributed by atoms with E-state index >= 15 is 0 Å². The van der Waals surface area contributed by atoms with Crippen molar-refractivity contribution in [3.05, 3.63) is 35.9 Å². The van der Waals surface area contributed by atoms with Crippen LogP contribution in [0.3, 0.4) is 0 Å². The molecular formula is C16H23NO. The lowest BCUT2D eigenvalue weighted by atomic mass is 9.93. The first-order chi connectivity index (χ1) is 8.56. The highest BCUT2D eigenvalue weighted by Gasteiger charge is 2.65. The summed E-state index contributed by atoms with van der Waals surface area (Å²) >= 11 is 0. The van der Waals surface area contributed by atoms with Gasteiger partial charge < -0.3 is 5.11 Å². The number of likely N-dealkylation sites (tertiary alicyclic amines) is 1. The van der Waals surface area contributed by atoms with Crippen LogP contribution in [0.4, 0.5) is 0 Å². The fourth-order valence-corrected chi connectivity index (χ4v) is 3.77. The minimum absolute atomic E-state index is 0.296. The third-order valence-electron chi connectivity index (χ3n) is 5.18. The lowest BCUT2D eigenvalue weighted by Crippen LogP contribution is -2.31. The van der Waals surface area contributed by atoms with Crippen molar-refractivity contribution < 1.29 is 5.11 Å². The minimum Gasteiger partial charge on any atom is -0.395 e. The molecule has 1 spiro atoms. The monoisotopic (exact) mass is 245 g/mol. The van der Waals surface area contributed by atoms with Crippen LogP contribution in [-0.2, 0) is 6.54 Å². The Kier molecular flexibility index (Phi) is 2.76. The van der Waals surface area contributed by atoms with Crippen molar-refractivity contribution >= 4 is 0 Å². The van der Waals surface area contributed by atoms with E-state index in [2.05, 4.69) is 49.1 Å². The summed E-state index contributed by atoms with van der Waals surface area (Å²) in [6.07, 6.45) is 2.49.